The molecule has 5 aromatic rings. The fourth-order valence-corrected chi connectivity index (χ4v) is 5.05. The van der Waals surface area contributed by atoms with Gasteiger partial charge in [-0.05, 0) is 64.5 Å². The van der Waals surface area contributed by atoms with Gasteiger partial charge >= 0.3 is 12.1 Å². The minimum absolute atomic E-state index is 0.157. The van der Waals surface area contributed by atoms with E-state index < -0.39 is 12.1 Å². The van der Waals surface area contributed by atoms with Gasteiger partial charge in [0.25, 0.3) is 11.5 Å². The first-order valence-electron chi connectivity index (χ1n) is 13.3. The normalized spacial score (nSPS) is 11.9. The predicted molar refractivity (Wildman–Crippen MR) is 162 cm³/mol. The summed E-state index contributed by atoms with van der Waals surface area (Å²) >= 11 is 3.55. The molecule has 0 atom stereocenters. The lowest BCUT2D eigenvalue weighted by Crippen LogP contribution is -2.33. The molecule has 0 spiro atoms. The van der Waals surface area contributed by atoms with Gasteiger partial charge in [-0.15, -0.1) is 0 Å². The van der Waals surface area contributed by atoms with Crippen molar-refractivity contribution in [2.24, 2.45) is 0 Å². The fourth-order valence-electron chi connectivity index (χ4n) is 4.69. The van der Waals surface area contributed by atoms with E-state index >= 15 is 0 Å². The van der Waals surface area contributed by atoms with Crippen molar-refractivity contribution >= 4 is 38.6 Å². The Morgan fingerprint density at radius 2 is 1.60 bits per heavy atom. The summed E-state index contributed by atoms with van der Waals surface area (Å²) in [5.74, 6) is -1.83. The number of amides is 1. The molecule has 0 saturated heterocycles. The third kappa shape index (κ3) is 7.15. The van der Waals surface area contributed by atoms with E-state index in [9.17, 15) is 22.8 Å². The first-order valence-corrected chi connectivity index (χ1v) is 14.1. The molecule has 0 bridgehead atoms. The molecule has 2 N–H and O–H groups in total. The molecule has 2 aromatic heterocycles. The molecule has 9 nitrogen and oxygen atoms in total. The number of ether oxygens (including phenoxy) is 2. The Kier molecular flexibility index (Phi) is 9.18. The van der Waals surface area contributed by atoms with Gasteiger partial charge < -0.3 is 19.9 Å². The summed E-state index contributed by atoms with van der Waals surface area (Å²) < 4.78 is 45.1. The van der Waals surface area contributed by atoms with Gasteiger partial charge in [-0.25, -0.2) is 4.79 Å². The van der Waals surface area contributed by atoms with Crippen LogP contribution in [0.15, 0.2) is 101 Å². The second-order valence-electron chi connectivity index (χ2n) is 9.70. The Bertz CT molecular complexity index is 1930. The number of hydrogen-bond donors (Lipinski definition) is 2. The number of benzene rings is 3. The molecule has 45 heavy (non-hydrogen) atoms. The molecule has 0 aliphatic carbocycles. The van der Waals surface area contributed by atoms with Crippen LogP contribution in [-0.4, -0.2) is 39.5 Å². The van der Waals surface area contributed by atoms with Crippen molar-refractivity contribution in [1.82, 2.24) is 14.9 Å². The van der Waals surface area contributed by atoms with Crippen LogP contribution in [0.3, 0.4) is 0 Å². The number of rotatable bonds is 6. The van der Waals surface area contributed by atoms with Crippen LogP contribution in [0.25, 0.3) is 21.9 Å². The van der Waals surface area contributed by atoms with Gasteiger partial charge in [0.05, 0.1) is 6.54 Å². The lowest BCUT2D eigenvalue weighted by Gasteiger charge is -2.20. The van der Waals surface area contributed by atoms with Crippen molar-refractivity contribution < 1.29 is 37.3 Å². The van der Waals surface area contributed by atoms with Crippen LogP contribution in [0.1, 0.15) is 21.6 Å². The Labute approximate surface area is 262 Å². The molecular formula is C32H23BrF3N3O6. The molecule has 0 radical (unpaired) electrons. The largest absolute Gasteiger partial charge is 0.490 e. The number of carboxylic acids is 1. The van der Waals surface area contributed by atoms with Gasteiger partial charge in [-0.1, -0.05) is 52.3 Å². The first-order chi connectivity index (χ1) is 21.5. The lowest BCUT2D eigenvalue weighted by atomic mass is 9.96. The summed E-state index contributed by atoms with van der Waals surface area (Å²) in [5.41, 5.74) is 3.29. The molecule has 0 saturated carbocycles. The maximum Gasteiger partial charge on any atom is 0.490 e. The number of aromatic nitrogens is 2. The number of aliphatic carboxylic acids is 1. The molecule has 1 aliphatic heterocycles. The summed E-state index contributed by atoms with van der Waals surface area (Å²) in [7, 11) is 0. The van der Waals surface area contributed by atoms with E-state index in [1.54, 1.807) is 23.0 Å². The average molecular weight is 682 g/mol. The maximum absolute atomic E-state index is 14.0. The van der Waals surface area contributed by atoms with E-state index in [2.05, 4.69) is 26.2 Å². The zero-order valence-electron chi connectivity index (χ0n) is 23.2. The minimum atomic E-state index is -5.08. The van der Waals surface area contributed by atoms with Crippen molar-refractivity contribution in [3.05, 3.63) is 123 Å². The summed E-state index contributed by atoms with van der Waals surface area (Å²) in [6, 6.07) is 24.4. The highest BCUT2D eigenvalue weighted by molar-refractivity contribution is 9.10. The SMILES string of the molecule is O=C(NCc1ccncc1)c1c(-c2ccccc2)c2cc(Br)ccc2c(=O)n1Cc1ccc2c(c1)OCO2.O=C(O)C(F)(F)F. The number of nitrogens with one attached hydrogen (secondary N) is 1. The Morgan fingerprint density at radius 3 is 2.29 bits per heavy atom. The van der Waals surface area contributed by atoms with E-state index in [0.717, 1.165) is 21.2 Å². The number of halogens is 4. The van der Waals surface area contributed by atoms with Gasteiger partial charge in [0.1, 0.15) is 5.69 Å². The second kappa shape index (κ2) is 13.2. The van der Waals surface area contributed by atoms with Gasteiger partial charge in [0.2, 0.25) is 6.79 Å². The molecule has 3 heterocycles. The van der Waals surface area contributed by atoms with Gasteiger partial charge in [-0.2, -0.15) is 13.2 Å². The number of fused-ring (bicyclic) bond motifs is 2. The monoisotopic (exact) mass is 681 g/mol. The van der Waals surface area contributed by atoms with Crippen molar-refractivity contribution in [1.29, 1.82) is 0 Å². The standard InChI is InChI=1S/C30H22BrN3O4.C2HF3O2/c31-22-7-8-23-24(15-22)27(21-4-2-1-3-5-21)28(29(35)33-16-19-10-12-32-13-11-19)34(30(23)36)17-20-6-9-25-26(14-20)38-18-37-25;3-2(4,5)1(6)7/h1-15H,16-18H2,(H,33,35);(H,6,7). The van der Waals surface area contributed by atoms with E-state index in [4.69, 9.17) is 19.4 Å². The number of carbonyl (C=O) groups is 2. The minimum Gasteiger partial charge on any atom is -0.475 e. The van der Waals surface area contributed by atoms with E-state index in [0.29, 0.717) is 40.1 Å². The summed E-state index contributed by atoms with van der Waals surface area (Å²) in [6.07, 6.45) is -1.72. The Hall–Kier alpha value is -5.17. The van der Waals surface area contributed by atoms with Gasteiger partial charge in [0.15, 0.2) is 11.5 Å². The Balaban J connectivity index is 0.000000515. The molecular weight excluding hydrogens is 659 g/mol. The molecule has 0 fully saturated rings. The van der Waals surface area contributed by atoms with Crippen LogP contribution < -0.4 is 20.3 Å². The summed E-state index contributed by atoms with van der Waals surface area (Å²) in [5, 5.41) is 11.4. The number of nitrogens with zero attached hydrogens (tertiary/aromatic N) is 2. The quantitative estimate of drug-likeness (QED) is 0.220. The van der Waals surface area contributed by atoms with E-state index in [1.807, 2.05) is 72.8 Å². The predicted octanol–water partition coefficient (Wildman–Crippen LogP) is 6.17. The number of alkyl halides is 3. The molecule has 6 rings (SSSR count). The van der Waals surface area contributed by atoms with Crippen molar-refractivity contribution in [3.8, 4) is 22.6 Å². The maximum atomic E-state index is 14.0. The molecule has 0 unspecified atom stereocenters. The molecule has 230 valence electrons. The fraction of sp³-hybridized carbons (Fsp3) is 0.125. The lowest BCUT2D eigenvalue weighted by molar-refractivity contribution is -0.192. The first kappa shape index (κ1) is 31.3. The molecule has 13 heteroatoms. The average Bonchev–Trinajstić information content (AvgIpc) is 3.50. The summed E-state index contributed by atoms with van der Waals surface area (Å²) in [6.45, 7) is 0.633. The van der Waals surface area contributed by atoms with E-state index in [1.165, 1.54) is 0 Å². The number of pyridine rings is 2. The smallest absolute Gasteiger partial charge is 0.475 e. The third-order valence-corrected chi connectivity index (χ3v) is 7.23. The number of carboxylic acid groups (broad SMARTS) is 1. The second-order valence-corrected chi connectivity index (χ2v) is 10.6. The molecule has 3 aromatic carbocycles. The molecule has 1 aliphatic rings. The van der Waals surface area contributed by atoms with Crippen molar-refractivity contribution in [2.75, 3.05) is 6.79 Å². The van der Waals surface area contributed by atoms with Crippen LogP contribution in [-0.2, 0) is 17.9 Å². The summed E-state index contributed by atoms with van der Waals surface area (Å²) in [4.78, 5) is 40.9. The van der Waals surface area contributed by atoms with Crippen LogP contribution in [0.2, 0.25) is 0 Å². The number of carbonyl (C=O) groups excluding carboxylic acids is 1. The van der Waals surface area contributed by atoms with E-state index in [-0.39, 0.29) is 24.8 Å². The van der Waals surface area contributed by atoms with Crippen molar-refractivity contribution in [3.63, 3.8) is 0 Å². The molecule has 1 amide bonds. The van der Waals surface area contributed by atoms with Gasteiger partial charge in [0, 0.05) is 34.4 Å². The Morgan fingerprint density at radius 1 is 0.911 bits per heavy atom. The third-order valence-electron chi connectivity index (χ3n) is 6.73. The number of hydrogen-bond acceptors (Lipinski definition) is 6. The van der Waals surface area contributed by atoms with Crippen LogP contribution in [0.5, 0.6) is 11.5 Å². The zero-order chi connectivity index (χ0) is 32.1. The van der Waals surface area contributed by atoms with Gasteiger partial charge in [-0.3, -0.25) is 19.1 Å². The zero-order valence-corrected chi connectivity index (χ0v) is 24.8. The highest BCUT2D eigenvalue weighted by Gasteiger charge is 2.38. The topological polar surface area (TPSA) is 120 Å². The highest BCUT2D eigenvalue weighted by Crippen LogP contribution is 2.35. The van der Waals surface area contributed by atoms with Crippen LogP contribution in [0.4, 0.5) is 13.2 Å². The van der Waals surface area contributed by atoms with Crippen LogP contribution in [0, 0.1) is 0 Å². The highest BCUT2D eigenvalue weighted by atomic mass is 79.9. The van der Waals surface area contributed by atoms with Crippen molar-refractivity contribution in [2.45, 2.75) is 19.3 Å². The van der Waals surface area contributed by atoms with Crippen LogP contribution >= 0.6 is 15.9 Å².